The van der Waals surface area contributed by atoms with Crippen molar-refractivity contribution in [2.45, 2.75) is 38.6 Å². The predicted octanol–water partition coefficient (Wildman–Crippen LogP) is 2.41. The number of carbonyl (C=O) groups is 3. The Bertz CT molecular complexity index is 1240. The van der Waals surface area contributed by atoms with Crippen LogP contribution in [0.2, 0.25) is 0 Å². The molecule has 11 heteroatoms. The molecule has 1 saturated carbocycles. The number of aromatic nitrogens is 3. The molecular formula is C25H29N7O4. The van der Waals surface area contributed by atoms with Crippen LogP contribution in [-0.4, -0.2) is 52.0 Å². The highest BCUT2D eigenvalue weighted by Crippen LogP contribution is 2.22. The van der Waals surface area contributed by atoms with Crippen LogP contribution in [0.4, 0.5) is 10.5 Å². The average Bonchev–Trinajstić information content (AvgIpc) is 3.57. The molecule has 3 aromatic rings. The number of benzene rings is 2. The molecule has 0 radical (unpaired) electrons. The highest BCUT2D eigenvalue weighted by molar-refractivity contribution is 5.95. The SMILES string of the molecule is CCNC(=O)c1ccc(-n2nnc(C(=O)NC3CC3)c2CCCOc2cccc(NC(N)=O)c2)cc1. The number of nitrogens with one attached hydrogen (secondary N) is 3. The number of hydrogen-bond acceptors (Lipinski definition) is 6. The van der Waals surface area contributed by atoms with Crippen molar-refractivity contribution in [2.75, 3.05) is 18.5 Å². The van der Waals surface area contributed by atoms with Crippen LogP contribution in [0.1, 0.15) is 52.7 Å². The van der Waals surface area contributed by atoms with Gasteiger partial charge in [-0.2, -0.15) is 0 Å². The Balaban J connectivity index is 1.47. The first-order valence-electron chi connectivity index (χ1n) is 11.9. The van der Waals surface area contributed by atoms with Crippen LogP contribution in [-0.2, 0) is 6.42 Å². The zero-order valence-corrected chi connectivity index (χ0v) is 20.0. The molecule has 0 saturated heterocycles. The summed E-state index contributed by atoms with van der Waals surface area (Å²) in [7, 11) is 0. The Hall–Kier alpha value is -4.41. The zero-order chi connectivity index (χ0) is 25.5. The summed E-state index contributed by atoms with van der Waals surface area (Å²) in [4.78, 5) is 35.9. The first-order chi connectivity index (χ1) is 17.4. The summed E-state index contributed by atoms with van der Waals surface area (Å²) in [6.07, 6.45) is 3.00. The molecule has 1 fully saturated rings. The maximum absolute atomic E-state index is 12.8. The molecule has 0 unspecified atom stereocenters. The Morgan fingerprint density at radius 2 is 1.89 bits per heavy atom. The van der Waals surface area contributed by atoms with Crippen LogP contribution in [0.15, 0.2) is 48.5 Å². The third-order valence-electron chi connectivity index (χ3n) is 5.53. The van der Waals surface area contributed by atoms with E-state index in [2.05, 4.69) is 26.3 Å². The van der Waals surface area contributed by atoms with Crippen molar-refractivity contribution >= 4 is 23.5 Å². The minimum absolute atomic E-state index is 0.153. The van der Waals surface area contributed by atoms with Gasteiger partial charge in [0.25, 0.3) is 11.8 Å². The van der Waals surface area contributed by atoms with Gasteiger partial charge < -0.3 is 26.4 Å². The molecule has 0 bridgehead atoms. The molecule has 0 spiro atoms. The van der Waals surface area contributed by atoms with Gasteiger partial charge in [0.2, 0.25) is 0 Å². The molecule has 1 aliphatic carbocycles. The van der Waals surface area contributed by atoms with Gasteiger partial charge in [-0.05, 0) is 69.0 Å². The molecule has 0 atom stereocenters. The molecule has 2 aromatic carbocycles. The second kappa shape index (κ2) is 11.3. The summed E-state index contributed by atoms with van der Waals surface area (Å²) < 4.78 is 7.45. The predicted molar refractivity (Wildman–Crippen MR) is 133 cm³/mol. The summed E-state index contributed by atoms with van der Waals surface area (Å²) >= 11 is 0. The molecule has 188 valence electrons. The molecule has 4 rings (SSSR count). The summed E-state index contributed by atoms with van der Waals surface area (Å²) in [5.41, 5.74) is 7.88. The highest BCUT2D eigenvalue weighted by atomic mass is 16.5. The van der Waals surface area contributed by atoms with E-state index in [1.165, 1.54) is 0 Å². The Labute approximate surface area is 208 Å². The smallest absolute Gasteiger partial charge is 0.316 e. The fourth-order valence-corrected chi connectivity index (χ4v) is 3.64. The standard InChI is InChI=1S/C25H29N7O4/c1-2-27-23(33)16-8-12-19(13-9-16)32-21(22(30-31-32)24(34)28-17-10-11-17)7-4-14-36-20-6-3-5-18(15-20)29-25(26)35/h3,5-6,8-9,12-13,15,17H,2,4,7,10-11,14H2,1H3,(H,27,33)(H,28,34)(H3,26,29,35). The van der Waals surface area contributed by atoms with Crippen LogP contribution in [0.3, 0.4) is 0 Å². The van der Waals surface area contributed by atoms with E-state index in [1.54, 1.807) is 53.2 Å². The number of amides is 4. The lowest BCUT2D eigenvalue weighted by Gasteiger charge is -2.11. The van der Waals surface area contributed by atoms with Gasteiger partial charge in [-0.25, -0.2) is 9.48 Å². The van der Waals surface area contributed by atoms with E-state index in [1.807, 2.05) is 6.92 Å². The first-order valence-corrected chi connectivity index (χ1v) is 11.9. The van der Waals surface area contributed by atoms with Gasteiger partial charge in [-0.1, -0.05) is 11.3 Å². The van der Waals surface area contributed by atoms with E-state index in [0.717, 1.165) is 12.8 Å². The van der Waals surface area contributed by atoms with E-state index >= 15 is 0 Å². The summed E-state index contributed by atoms with van der Waals surface area (Å²) in [6.45, 7) is 2.77. The van der Waals surface area contributed by atoms with Gasteiger partial charge in [-0.15, -0.1) is 5.10 Å². The van der Waals surface area contributed by atoms with E-state index in [-0.39, 0.29) is 23.6 Å². The van der Waals surface area contributed by atoms with E-state index in [9.17, 15) is 14.4 Å². The summed E-state index contributed by atoms with van der Waals surface area (Å²) in [5, 5.41) is 16.6. The lowest BCUT2D eigenvalue weighted by molar-refractivity contribution is 0.0940. The molecule has 5 N–H and O–H groups in total. The second-order valence-electron chi connectivity index (χ2n) is 8.42. The molecular weight excluding hydrogens is 462 g/mol. The molecule has 11 nitrogen and oxygen atoms in total. The third kappa shape index (κ3) is 6.38. The van der Waals surface area contributed by atoms with Gasteiger partial charge in [0.05, 0.1) is 18.0 Å². The minimum Gasteiger partial charge on any atom is -0.494 e. The largest absolute Gasteiger partial charge is 0.494 e. The molecule has 0 aliphatic heterocycles. The second-order valence-corrected chi connectivity index (χ2v) is 8.42. The lowest BCUT2D eigenvalue weighted by Crippen LogP contribution is -2.27. The summed E-state index contributed by atoms with van der Waals surface area (Å²) in [5.74, 6) is 0.184. The average molecular weight is 492 g/mol. The highest BCUT2D eigenvalue weighted by Gasteiger charge is 2.27. The third-order valence-corrected chi connectivity index (χ3v) is 5.53. The first kappa shape index (κ1) is 24.7. The molecule has 1 heterocycles. The summed E-state index contributed by atoms with van der Waals surface area (Å²) in [6, 6.07) is 13.5. The van der Waals surface area contributed by atoms with Crippen molar-refractivity contribution < 1.29 is 19.1 Å². The van der Waals surface area contributed by atoms with E-state index < -0.39 is 6.03 Å². The zero-order valence-electron chi connectivity index (χ0n) is 20.0. The van der Waals surface area contributed by atoms with Crippen molar-refractivity contribution in [3.63, 3.8) is 0 Å². The molecule has 4 amide bonds. The van der Waals surface area contributed by atoms with Gasteiger partial charge in [0.15, 0.2) is 5.69 Å². The van der Waals surface area contributed by atoms with Crippen molar-refractivity contribution in [1.29, 1.82) is 0 Å². The Kier molecular flexibility index (Phi) is 7.79. The Morgan fingerprint density at radius 1 is 1.11 bits per heavy atom. The normalized spacial score (nSPS) is 12.6. The van der Waals surface area contributed by atoms with Gasteiger partial charge in [0, 0.05) is 29.9 Å². The number of ether oxygens (including phenoxy) is 1. The van der Waals surface area contributed by atoms with Gasteiger partial charge >= 0.3 is 6.03 Å². The number of nitrogens with zero attached hydrogens (tertiary/aromatic N) is 3. The monoisotopic (exact) mass is 491 g/mol. The van der Waals surface area contributed by atoms with Crippen LogP contribution >= 0.6 is 0 Å². The maximum atomic E-state index is 12.8. The lowest BCUT2D eigenvalue weighted by atomic mass is 10.1. The topological polar surface area (TPSA) is 153 Å². The number of anilines is 1. The van der Waals surface area contributed by atoms with E-state index in [0.29, 0.717) is 54.4 Å². The maximum Gasteiger partial charge on any atom is 0.316 e. The van der Waals surface area contributed by atoms with Crippen molar-refractivity contribution in [1.82, 2.24) is 25.6 Å². The molecule has 1 aromatic heterocycles. The number of urea groups is 1. The number of hydrogen-bond donors (Lipinski definition) is 4. The van der Waals surface area contributed by atoms with E-state index in [4.69, 9.17) is 10.5 Å². The number of rotatable bonds is 11. The molecule has 1 aliphatic rings. The van der Waals surface area contributed by atoms with Crippen molar-refractivity contribution in [3.05, 3.63) is 65.5 Å². The van der Waals surface area contributed by atoms with Crippen LogP contribution in [0.5, 0.6) is 5.75 Å². The van der Waals surface area contributed by atoms with Gasteiger partial charge in [0.1, 0.15) is 5.75 Å². The van der Waals surface area contributed by atoms with Crippen LogP contribution < -0.4 is 26.4 Å². The fraction of sp³-hybridized carbons (Fsp3) is 0.320. The number of carbonyl (C=O) groups excluding carboxylic acids is 3. The van der Waals surface area contributed by atoms with Gasteiger partial charge in [-0.3, -0.25) is 9.59 Å². The van der Waals surface area contributed by atoms with Crippen LogP contribution in [0.25, 0.3) is 5.69 Å². The minimum atomic E-state index is -0.649. The quantitative estimate of drug-likeness (QED) is 0.302. The number of nitrogens with two attached hydrogens (primary N) is 1. The fourth-order valence-electron chi connectivity index (χ4n) is 3.64. The Morgan fingerprint density at radius 3 is 2.58 bits per heavy atom. The van der Waals surface area contributed by atoms with Crippen molar-refractivity contribution in [2.24, 2.45) is 5.73 Å². The number of primary amides is 1. The van der Waals surface area contributed by atoms with Crippen LogP contribution in [0, 0.1) is 0 Å². The molecule has 36 heavy (non-hydrogen) atoms. The van der Waals surface area contributed by atoms with Crippen molar-refractivity contribution in [3.8, 4) is 11.4 Å².